The molecule has 0 spiro atoms. The first kappa shape index (κ1) is 25.3. The van der Waals surface area contributed by atoms with Crippen molar-refractivity contribution in [3.05, 3.63) is 53.6 Å². The second kappa shape index (κ2) is 11.8. The number of para-hydroxylation sites is 1. The highest BCUT2D eigenvalue weighted by Crippen LogP contribution is 2.34. The van der Waals surface area contributed by atoms with Crippen molar-refractivity contribution in [2.75, 3.05) is 31.2 Å². The van der Waals surface area contributed by atoms with Crippen LogP contribution in [0.2, 0.25) is 0 Å². The standard InChI is InChI=1S/C30H40N6O/c1-3-4-16-33-29-28-27(34-30(31)35-29)24-12-8-9-13-25(24)36(28)20-23-17-22(14-15-26(23)37-2)19-32-18-21-10-6-5-7-11-21/h8-9,12-15,17,21,32H,3-7,10-11,16,18-20H2,1-2H3,(H3,31,33,34,35). The predicted octanol–water partition coefficient (Wildman–Crippen LogP) is 6.11. The summed E-state index contributed by atoms with van der Waals surface area (Å²) in [6.45, 7) is 5.64. The fourth-order valence-corrected chi connectivity index (χ4v) is 5.66. The second-order valence-corrected chi connectivity index (χ2v) is 10.3. The van der Waals surface area contributed by atoms with Crippen molar-refractivity contribution < 1.29 is 4.74 Å². The Morgan fingerprint density at radius 1 is 1.08 bits per heavy atom. The molecule has 0 amide bonds. The molecule has 7 heteroatoms. The van der Waals surface area contributed by atoms with E-state index in [-0.39, 0.29) is 5.95 Å². The number of rotatable bonds is 11. The van der Waals surface area contributed by atoms with Gasteiger partial charge < -0.3 is 25.7 Å². The number of fused-ring (bicyclic) bond motifs is 3. The Balaban J connectivity index is 1.48. The average Bonchev–Trinajstić information content (AvgIpc) is 3.23. The molecule has 2 aromatic carbocycles. The number of ether oxygens (including phenoxy) is 1. The normalized spacial score (nSPS) is 14.4. The summed E-state index contributed by atoms with van der Waals surface area (Å²) in [5.41, 5.74) is 11.5. The molecule has 0 atom stereocenters. The summed E-state index contributed by atoms with van der Waals surface area (Å²) in [5, 5.41) is 8.31. The summed E-state index contributed by atoms with van der Waals surface area (Å²) in [6.07, 6.45) is 9.04. The Kier molecular flexibility index (Phi) is 8.09. The zero-order chi connectivity index (χ0) is 25.6. The maximum Gasteiger partial charge on any atom is 0.222 e. The average molecular weight is 501 g/mol. The van der Waals surface area contributed by atoms with Crippen molar-refractivity contribution in [3.63, 3.8) is 0 Å². The van der Waals surface area contributed by atoms with E-state index in [1.54, 1.807) is 7.11 Å². The zero-order valence-corrected chi connectivity index (χ0v) is 22.2. The largest absolute Gasteiger partial charge is 0.496 e. The number of nitrogens with zero attached hydrogens (tertiary/aromatic N) is 3. The molecular weight excluding hydrogens is 460 g/mol. The smallest absolute Gasteiger partial charge is 0.222 e. The quantitative estimate of drug-likeness (QED) is 0.215. The van der Waals surface area contributed by atoms with Gasteiger partial charge in [0.05, 0.1) is 19.2 Å². The van der Waals surface area contributed by atoms with Crippen LogP contribution in [0.4, 0.5) is 11.8 Å². The van der Waals surface area contributed by atoms with Crippen LogP contribution >= 0.6 is 0 Å². The number of hydrogen-bond acceptors (Lipinski definition) is 6. The summed E-state index contributed by atoms with van der Waals surface area (Å²) in [7, 11) is 1.74. The van der Waals surface area contributed by atoms with Crippen molar-refractivity contribution in [2.45, 2.75) is 65.0 Å². The van der Waals surface area contributed by atoms with Crippen molar-refractivity contribution in [3.8, 4) is 5.75 Å². The minimum absolute atomic E-state index is 0.290. The van der Waals surface area contributed by atoms with Crippen LogP contribution in [0, 0.1) is 5.92 Å². The molecule has 4 aromatic rings. The number of methoxy groups -OCH3 is 1. The van der Waals surface area contributed by atoms with E-state index in [1.165, 1.54) is 37.7 Å². The van der Waals surface area contributed by atoms with Gasteiger partial charge in [0, 0.05) is 24.0 Å². The van der Waals surface area contributed by atoms with Crippen LogP contribution in [-0.4, -0.2) is 34.7 Å². The molecule has 4 N–H and O–H groups in total. The van der Waals surface area contributed by atoms with E-state index in [0.717, 1.165) is 77.5 Å². The molecule has 0 bridgehead atoms. The lowest BCUT2D eigenvalue weighted by Crippen LogP contribution is -2.24. The van der Waals surface area contributed by atoms with Crippen LogP contribution in [0.1, 0.15) is 63.0 Å². The minimum atomic E-state index is 0.290. The molecule has 7 nitrogen and oxygen atoms in total. The van der Waals surface area contributed by atoms with E-state index >= 15 is 0 Å². The van der Waals surface area contributed by atoms with E-state index in [4.69, 9.17) is 10.5 Å². The second-order valence-electron chi connectivity index (χ2n) is 10.3. The highest BCUT2D eigenvalue weighted by molar-refractivity contribution is 6.09. The van der Waals surface area contributed by atoms with Gasteiger partial charge in [0.15, 0.2) is 5.82 Å². The third kappa shape index (κ3) is 5.67. The van der Waals surface area contributed by atoms with Gasteiger partial charge in [0.25, 0.3) is 0 Å². The molecule has 0 radical (unpaired) electrons. The van der Waals surface area contributed by atoms with Crippen molar-refractivity contribution >= 4 is 33.7 Å². The van der Waals surface area contributed by atoms with Crippen molar-refractivity contribution in [1.29, 1.82) is 0 Å². The number of hydrogen-bond donors (Lipinski definition) is 3. The van der Waals surface area contributed by atoms with Gasteiger partial charge in [-0.25, -0.2) is 4.98 Å². The Labute approximate surface area is 219 Å². The maximum absolute atomic E-state index is 6.15. The van der Waals surface area contributed by atoms with Gasteiger partial charge in [-0.05, 0) is 55.5 Å². The van der Waals surface area contributed by atoms with Crippen LogP contribution in [0.5, 0.6) is 5.75 Å². The lowest BCUT2D eigenvalue weighted by molar-refractivity contribution is 0.342. The number of anilines is 2. The number of benzene rings is 2. The summed E-state index contributed by atoms with van der Waals surface area (Å²) in [5.74, 6) is 2.78. The Morgan fingerprint density at radius 2 is 1.92 bits per heavy atom. The molecule has 1 saturated carbocycles. The van der Waals surface area contributed by atoms with Gasteiger partial charge in [0.1, 0.15) is 16.8 Å². The van der Waals surface area contributed by atoms with Gasteiger partial charge in [-0.2, -0.15) is 4.98 Å². The fraction of sp³-hybridized carbons (Fsp3) is 0.467. The topological polar surface area (TPSA) is 90.0 Å². The van der Waals surface area contributed by atoms with Gasteiger partial charge in [0.2, 0.25) is 5.95 Å². The molecular formula is C30H40N6O. The minimum Gasteiger partial charge on any atom is -0.496 e. The number of aromatic nitrogens is 3. The van der Waals surface area contributed by atoms with Gasteiger partial charge >= 0.3 is 0 Å². The molecule has 0 saturated heterocycles. The van der Waals surface area contributed by atoms with Crippen LogP contribution in [0.15, 0.2) is 42.5 Å². The van der Waals surface area contributed by atoms with Crippen molar-refractivity contribution in [1.82, 2.24) is 19.9 Å². The molecule has 1 aliphatic rings. The van der Waals surface area contributed by atoms with Crippen LogP contribution < -0.4 is 21.1 Å². The van der Waals surface area contributed by atoms with E-state index in [0.29, 0.717) is 6.54 Å². The van der Waals surface area contributed by atoms with Gasteiger partial charge in [-0.15, -0.1) is 0 Å². The highest BCUT2D eigenvalue weighted by Gasteiger charge is 2.19. The third-order valence-corrected chi connectivity index (χ3v) is 7.60. The number of unbranched alkanes of at least 4 members (excludes halogenated alkanes) is 1. The van der Waals surface area contributed by atoms with Gasteiger partial charge in [-0.3, -0.25) is 0 Å². The first-order chi connectivity index (χ1) is 18.2. The Hall–Kier alpha value is -3.32. The Bertz CT molecular complexity index is 1340. The van der Waals surface area contributed by atoms with E-state index in [2.05, 4.69) is 68.5 Å². The summed E-state index contributed by atoms with van der Waals surface area (Å²) >= 11 is 0. The number of nitrogens with one attached hydrogen (secondary N) is 2. The molecule has 1 fully saturated rings. The molecule has 37 heavy (non-hydrogen) atoms. The summed E-state index contributed by atoms with van der Waals surface area (Å²) in [4.78, 5) is 9.27. The van der Waals surface area contributed by atoms with Gasteiger partial charge in [-0.1, -0.05) is 56.9 Å². The fourth-order valence-electron chi connectivity index (χ4n) is 5.66. The molecule has 2 heterocycles. The molecule has 1 aliphatic carbocycles. The van der Waals surface area contributed by atoms with Crippen LogP contribution in [0.3, 0.4) is 0 Å². The Morgan fingerprint density at radius 3 is 2.73 bits per heavy atom. The lowest BCUT2D eigenvalue weighted by Gasteiger charge is -2.22. The molecule has 0 unspecified atom stereocenters. The van der Waals surface area contributed by atoms with Crippen LogP contribution in [0.25, 0.3) is 21.9 Å². The monoisotopic (exact) mass is 500 g/mol. The molecule has 196 valence electrons. The highest BCUT2D eigenvalue weighted by atomic mass is 16.5. The molecule has 0 aliphatic heterocycles. The third-order valence-electron chi connectivity index (χ3n) is 7.60. The first-order valence-electron chi connectivity index (χ1n) is 13.8. The van der Waals surface area contributed by atoms with E-state index < -0.39 is 0 Å². The number of nitrogens with two attached hydrogens (primary N) is 1. The SMILES string of the molecule is CCCCNc1nc(N)nc2c3ccccc3n(Cc3cc(CNCC4CCCCC4)ccc3OC)c12. The van der Waals surface area contributed by atoms with Crippen LogP contribution in [-0.2, 0) is 13.1 Å². The molecule has 2 aromatic heterocycles. The zero-order valence-electron chi connectivity index (χ0n) is 22.2. The first-order valence-corrected chi connectivity index (χ1v) is 13.8. The lowest BCUT2D eigenvalue weighted by atomic mass is 9.89. The van der Waals surface area contributed by atoms with E-state index in [1.807, 2.05) is 6.07 Å². The number of nitrogen functional groups attached to an aromatic ring is 1. The van der Waals surface area contributed by atoms with Crippen molar-refractivity contribution in [2.24, 2.45) is 5.92 Å². The van der Waals surface area contributed by atoms with E-state index in [9.17, 15) is 0 Å². The molecule has 5 rings (SSSR count). The summed E-state index contributed by atoms with van der Waals surface area (Å²) in [6, 6.07) is 14.9. The predicted molar refractivity (Wildman–Crippen MR) is 153 cm³/mol. The maximum atomic E-state index is 6.15. The summed E-state index contributed by atoms with van der Waals surface area (Å²) < 4.78 is 8.10.